The van der Waals surface area contributed by atoms with Crippen LogP contribution in [-0.2, 0) is 14.4 Å². The van der Waals surface area contributed by atoms with Crippen molar-refractivity contribution < 1.29 is 28.4 Å². The number of methoxy groups -OCH3 is 2. The number of hydrogen-bond donors (Lipinski definition) is 1. The molecule has 2 heterocycles. The highest BCUT2D eigenvalue weighted by molar-refractivity contribution is 7.99. The Bertz CT molecular complexity index is 1420. The minimum Gasteiger partial charge on any atom is -0.497 e. The van der Waals surface area contributed by atoms with Crippen LogP contribution in [0.25, 0.3) is 0 Å². The molecule has 1 saturated heterocycles. The number of carbonyl (C=O) groups is 3. The van der Waals surface area contributed by atoms with Gasteiger partial charge in [-0.25, -0.2) is 0 Å². The molecule has 1 fully saturated rings. The molecule has 1 aliphatic heterocycles. The Morgan fingerprint density at radius 3 is 1.80 bits per heavy atom. The smallest absolute Gasteiger partial charge is 0.245 e. The molecule has 1 aliphatic rings. The van der Waals surface area contributed by atoms with Crippen LogP contribution in [0.2, 0.25) is 0 Å². The zero-order chi connectivity index (χ0) is 45.1. The van der Waals surface area contributed by atoms with Gasteiger partial charge in [0.1, 0.15) is 22.6 Å². The van der Waals surface area contributed by atoms with Gasteiger partial charge in [0, 0.05) is 55.9 Å². The zero-order valence-electron chi connectivity index (χ0n) is 40.1. The Hall–Kier alpha value is -3.25. The fraction of sp³-hybridized carbons (Fsp3) is 0.755. The van der Waals surface area contributed by atoms with E-state index in [-0.39, 0.29) is 29.6 Å². The van der Waals surface area contributed by atoms with Gasteiger partial charge in [-0.1, -0.05) is 148 Å². The van der Waals surface area contributed by atoms with Crippen LogP contribution in [0.15, 0.2) is 28.8 Å². The number of aromatic nitrogens is 1. The van der Waals surface area contributed by atoms with Crippen molar-refractivity contribution in [1.29, 1.82) is 0 Å². The summed E-state index contributed by atoms with van der Waals surface area (Å²) in [7, 11) is 7.25. The molecule has 11 nitrogen and oxygen atoms in total. The Morgan fingerprint density at radius 2 is 1.31 bits per heavy atom. The molecular formula is C49H87N5O6S. The summed E-state index contributed by atoms with van der Waals surface area (Å²) in [5.74, 6) is 3.62. The SMILES string of the molecule is CC.CCCCCCCCCCCC(=O)N1CCSC1c1ccc(OC)cc1OC.CCCCCCCCCCCCCC(=O)N(CCN(C)C)CC(=O)Nc1cc(C)on1. The van der Waals surface area contributed by atoms with E-state index in [0.717, 1.165) is 61.6 Å². The first-order valence-corrected chi connectivity index (χ1v) is 25.0. The second kappa shape index (κ2) is 36.3. The largest absolute Gasteiger partial charge is 0.497 e. The van der Waals surface area contributed by atoms with Gasteiger partial charge in [0.25, 0.3) is 0 Å². The van der Waals surface area contributed by atoms with Crippen molar-refractivity contribution in [3.05, 3.63) is 35.6 Å². The van der Waals surface area contributed by atoms with Crippen molar-refractivity contribution in [3.63, 3.8) is 0 Å². The lowest BCUT2D eigenvalue weighted by Gasteiger charge is -2.25. The summed E-state index contributed by atoms with van der Waals surface area (Å²) in [6.07, 6.45) is 26.4. The molecule has 1 unspecified atom stereocenters. The van der Waals surface area contributed by atoms with Crippen molar-refractivity contribution in [1.82, 2.24) is 19.9 Å². The van der Waals surface area contributed by atoms with E-state index in [1.54, 1.807) is 32.1 Å². The highest BCUT2D eigenvalue weighted by Gasteiger charge is 2.32. The number of hydrogen-bond acceptors (Lipinski definition) is 9. The summed E-state index contributed by atoms with van der Waals surface area (Å²) >= 11 is 1.82. The van der Waals surface area contributed by atoms with Crippen molar-refractivity contribution in [2.45, 2.75) is 181 Å². The second-order valence-electron chi connectivity index (χ2n) is 16.3. The Balaban J connectivity index is 0.000000588. The van der Waals surface area contributed by atoms with Gasteiger partial charge in [0.15, 0.2) is 5.82 Å². The van der Waals surface area contributed by atoms with Gasteiger partial charge < -0.3 is 34.0 Å². The van der Waals surface area contributed by atoms with Gasteiger partial charge in [0.05, 0.1) is 20.8 Å². The lowest BCUT2D eigenvalue weighted by Crippen LogP contribution is -2.41. The van der Waals surface area contributed by atoms with Crippen LogP contribution < -0.4 is 14.8 Å². The Labute approximate surface area is 376 Å². The molecule has 0 radical (unpaired) electrons. The van der Waals surface area contributed by atoms with Crippen LogP contribution in [0.1, 0.15) is 186 Å². The van der Waals surface area contributed by atoms with E-state index in [0.29, 0.717) is 31.0 Å². The molecule has 0 aliphatic carbocycles. The van der Waals surface area contributed by atoms with E-state index in [1.165, 1.54) is 103 Å². The van der Waals surface area contributed by atoms with Gasteiger partial charge in [-0.2, -0.15) is 0 Å². The molecule has 1 N–H and O–H groups in total. The van der Waals surface area contributed by atoms with Gasteiger partial charge in [-0.15, -0.1) is 11.8 Å². The third-order valence-corrected chi connectivity index (χ3v) is 12.0. The van der Waals surface area contributed by atoms with Gasteiger partial charge in [-0.3, -0.25) is 14.4 Å². The average molecular weight is 874 g/mol. The maximum absolute atomic E-state index is 12.8. The number of unbranched alkanes of at least 4 members (excludes halogenated alkanes) is 18. The quantitative estimate of drug-likeness (QED) is 0.0739. The van der Waals surface area contributed by atoms with Crippen molar-refractivity contribution in [2.75, 3.05) is 65.6 Å². The summed E-state index contributed by atoms with van der Waals surface area (Å²) < 4.78 is 15.8. The predicted octanol–water partition coefficient (Wildman–Crippen LogP) is 12.2. The van der Waals surface area contributed by atoms with Crippen molar-refractivity contribution in [2.24, 2.45) is 0 Å². The summed E-state index contributed by atoms with van der Waals surface area (Å²) in [6.45, 7) is 12.4. The molecule has 3 amide bonds. The molecule has 0 spiro atoms. The van der Waals surface area contributed by atoms with E-state index in [2.05, 4.69) is 24.3 Å². The number of nitrogens with one attached hydrogen (secondary N) is 1. The molecule has 0 bridgehead atoms. The molecule has 1 atom stereocenters. The molecule has 61 heavy (non-hydrogen) atoms. The van der Waals surface area contributed by atoms with Gasteiger partial charge in [-0.05, 0) is 46.0 Å². The van der Waals surface area contributed by atoms with E-state index in [4.69, 9.17) is 14.0 Å². The average Bonchev–Trinajstić information content (AvgIpc) is 3.93. The summed E-state index contributed by atoms with van der Waals surface area (Å²) in [5, 5.41) is 6.52. The lowest BCUT2D eigenvalue weighted by molar-refractivity contribution is -0.135. The zero-order valence-corrected chi connectivity index (χ0v) is 40.9. The maximum atomic E-state index is 12.8. The minimum atomic E-state index is -0.251. The molecule has 2 aromatic rings. The number of aryl methyl sites for hydroxylation is 1. The minimum absolute atomic E-state index is 0.0383. The van der Waals surface area contributed by atoms with Crippen LogP contribution in [0.3, 0.4) is 0 Å². The normalized spacial score (nSPS) is 13.3. The van der Waals surface area contributed by atoms with Crippen LogP contribution >= 0.6 is 11.8 Å². The van der Waals surface area contributed by atoms with Crippen LogP contribution in [0.4, 0.5) is 5.82 Å². The number of thioether (sulfide) groups is 1. The first-order valence-electron chi connectivity index (χ1n) is 23.9. The molecule has 1 aromatic heterocycles. The number of likely N-dealkylation sites (N-methyl/N-ethyl adjacent to an activating group) is 1. The monoisotopic (exact) mass is 874 g/mol. The summed E-state index contributed by atoms with van der Waals surface area (Å²) in [4.78, 5) is 43.5. The highest BCUT2D eigenvalue weighted by atomic mass is 32.2. The van der Waals surface area contributed by atoms with E-state index < -0.39 is 0 Å². The van der Waals surface area contributed by atoms with Crippen LogP contribution in [0, 0.1) is 6.92 Å². The fourth-order valence-electron chi connectivity index (χ4n) is 7.23. The number of ether oxygens (including phenoxy) is 2. The number of rotatable bonds is 31. The number of anilines is 1. The molecule has 350 valence electrons. The summed E-state index contributed by atoms with van der Waals surface area (Å²) in [5.41, 5.74) is 1.06. The number of carbonyl (C=O) groups excluding carboxylic acids is 3. The number of amides is 3. The van der Waals surface area contributed by atoms with E-state index in [9.17, 15) is 14.4 Å². The number of benzene rings is 1. The third-order valence-electron chi connectivity index (χ3n) is 10.8. The second-order valence-corrected chi connectivity index (χ2v) is 17.5. The standard InChI is InChI=1S/C24H44N4O3.C23H37NO3S.C2H6/c1-5-6-7-8-9-10-11-12-13-14-15-16-24(30)28(18-17-27(3)4)20-23(29)25-22-19-21(2)31-26-22;1-4-5-6-7-8-9-10-11-12-13-22(25)24-16-17-28-23(24)20-15-14-19(26-2)18-21(20)27-3;1-2/h19H,5-18,20H2,1-4H3,(H,25,26,29);14-15,18,23H,4-13,16-17H2,1-3H3;1-2H3. The van der Waals surface area contributed by atoms with Crippen molar-refractivity contribution in [3.8, 4) is 11.5 Å². The number of nitrogens with zero attached hydrogens (tertiary/aromatic N) is 4. The third kappa shape index (κ3) is 25.5. The molecule has 0 saturated carbocycles. The van der Waals surface area contributed by atoms with Crippen LogP contribution in [-0.4, -0.2) is 97.8 Å². The van der Waals surface area contributed by atoms with E-state index in [1.807, 2.05) is 67.7 Å². The van der Waals surface area contributed by atoms with E-state index >= 15 is 0 Å². The molecule has 1 aromatic carbocycles. The Kier molecular flexibility index (Phi) is 33.1. The topological polar surface area (TPSA) is 117 Å². The summed E-state index contributed by atoms with van der Waals surface area (Å²) in [6, 6.07) is 7.53. The fourth-order valence-corrected chi connectivity index (χ4v) is 8.53. The van der Waals surface area contributed by atoms with Gasteiger partial charge >= 0.3 is 0 Å². The van der Waals surface area contributed by atoms with Crippen LogP contribution in [0.5, 0.6) is 11.5 Å². The Morgan fingerprint density at radius 1 is 0.770 bits per heavy atom. The first-order chi connectivity index (χ1) is 29.6. The first kappa shape index (κ1) is 55.8. The predicted molar refractivity (Wildman–Crippen MR) is 256 cm³/mol. The molecule has 12 heteroatoms. The maximum Gasteiger partial charge on any atom is 0.245 e. The van der Waals surface area contributed by atoms with Gasteiger partial charge in [0.2, 0.25) is 17.7 Å². The van der Waals surface area contributed by atoms with Crippen molar-refractivity contribution >= 4 is 35.3 Å². The lowest BCUT2D eigenvalue weighted by atomic mass is 10.1. The highest BCUT2D eigenvalue weighted by Crippen LogP contribution is 2.43. The molecular weight excluding hydrogens is 787 g/mol. The molecule has 3 rings (SSSR count).